The van der Waals surface area contributed by atoms with Crippen molar-refractivity contribution in [3.05, 3.63) is 53.6 Å². The lowest BCUT2D eigenvalue weighted by atomic mass is 10.2. The first-order valence-corrected chi connectivity index (χ1v) is 10.7. The number of sulfonamides is 1. The number of anilines is 2. The molecule has 1 heterocycles. The molecule has 0 atom stereocenters. The molecule has 0 aromatic heterocycles. The fraction of sp³-hybridized carbons (Fsp3) is 0.316. The predicted molar refractivity (Wildman–Crippen MR) is 108 cm³/mol. The number of nitrogens with zero attached hydrogens (tertiary/aromatic N) is 1. The SMILES string of the molecule is O=C(CCNS(=O)(=O)c1cccc(Cl)c1)Nc1ccccc1N1CCCC1. The molecule has 2 aromatic carbocycles. The van der Waals surface area contributed by atoms with Gasteiger partial charge in [0.1, 0.15) is 0 Å². The Hall–Kier alpha value is -2.09. The van der Waals surface area contributed by atoms with Crippen molar-refractivity contribution in [3.8, 4) is 0 Å². The van der Waals surface area contributed by atoms with Gasteiger partial charge in [0.25, 0.3) is 0 Å². The molecule has 0 aliphatic carbocycles. The van der Waals surface area contributed by atoms with E-state index in [1.807, 2.05) is 24.3 Å². The maximum absolute atomic E-state index is 12.3. The maximum atomic E-state index is 12.3. The molecule has 0 radical (unpaired) electrons. The van der Waals surface area contributed by atoms with Crippen LogP contribution in [0.1, 0.15) is 19.3 Å². The van der Waals surface area contributed by atoms with Crippen LogP contribution < -0.4 is 14.9 Å². The van der Waals surface area contributed by atoms with E-state index in [0.29, 0.717) is 5.02 Å². The molecule has 0 spiro atoms. The zero-order valence-corrected chi connectivity index (χ0v) is 16.4. The lowest BCUT2D eigenvalue weighted by molar-refractivity contribution is -0.116. The number of nitrogens with one attached hydrogen (secondary N) is 2. The second kappa shape index (κ2) is 8.73. The summed E-state index contributed by atoms with van der Waals surface area (Å²) in [5.74, 6) is -0.240. The predicted octanol–water partition coefficient (Wildman–Crippen LogP) is 3.25. The summed E-state index contributed by atoms with van der Waals surface area (Å²) in [4.78, 5) is 14.6. The number of benzene rings is 2. The molecule has 27 heavy (non-hydrogen) atoms. The molecule has 8 heteroatoms. The number of hydrogen-bond donors (Lipinski definition) is 2. The van der Waals surface area contributed by atoms with E-state index in [1.165, 1.54) is 12.1 Å². The highest BCUT2D eigenvalue weighted by atomic mass is 35.5. The molecule has 0 unspecified atom stereocenters. The maximum Gasteiger partial charge on any atom is 0.240 e. The van der Waals surface area contributed by atoms with Crippen LogP contribution in [0.25, 0.3) is 0 Å². The van der Waals surface area contributed by atoms with E-state index in [4.69, 9.17) is 11.6 Å². The Morgan fingerprint density at radius 2 is 1.81 bits per heavy atom. The molecule has 1 saturated heterocycles. The number of rotatable bonds is 7. The average molecular weight is 408 g/mol. The summed E-state index contributed by atoms with van der Waals surface area (Å²) in [6, 6.07) is 13.7. The lowest BCUT2D eigenvalue weighted by Crippen LogP contribution is -2.28. The average Bonchev–Trinajstić information content (AvgIpc) is 3.16. The normalized spacial score (nSPS) is 14.3. The summed E-state index contributed by atoms with van der Waals surface area (Å²) < 4.78 is 26.9. The molecule has 0 saturated carbocycles. The van der Waals surface area contributed by atoms with Gasteiger partial charge in [-0.25, -0.2) is 13.1 Å². The Kier molecular flexibility index (Phi) is 6.36. The van der Waals surface area contributed by atoms with Crippen LogP contribution in [-0.2, 0) is 14.8 Å². The lowest BCUT2D eigenvalue weighted by Gasteiger charge is -2.21. The zero-order chi connectivity index (χ0) is 19.3. The third kappa shape index (κ3) is 5.22. The molecule has 1 fully saturated rings. The van der Waals surface area contributed by atoms with Crippen LogP contribution in [-0.4, -0.2) is 34.0 Å². The Labute approximate surface area is 164 Å². The number of hydrogen-bond acceptors (Lipinski definition) is 4. The molecule has 0 bridgehead atoms. The smallest absolute Gasteiger partial charge is 0.240 e. The minimum atomic E-state index is -3.70. The number of para-hydroxylation sites is 2. The highest BCUT2D eigenvalue weighted by molar-refractivity contribution is 7.89. The van der Waals surface area contributed by atoms with Crippen molar-refractivity contribution in [2.24, 2.45) is 0 Å². The monoisotopic (exact) mass is 407 g/mol. The minimum Gasteiger partial charge on any atom is -0.370 e. The molecule has 6 nitrogen and oxygen atoms in total. The summed E-state index contributed by atoms with van der Waals surface area (Å²) in [6.45, 7) is 1.96. The van der Waals surface area contributed by atoms with Gasteiger partial charge in [0.2, 0.25) is 15.9 Å². The Bertz CT molecular complexity index is 912. The zero-order valence-electron chi connectivity index (χ0n) is 14.8. The van der Waals surface area contributed by atoms with Crippen LogP contribution in [0.15, 0.2) is 53.4 Å². The van der Waals surface area contributed by atoms with Crippen LogP contribution in [0.3, 0.4) is 0 Å². The van der Waals surface area contributed by atoms with Crippen LogP contribution in [0.5, 0.6) is 0 Å². The van der Waals surface area contributed by atoms with Crippen LogP contribution in [0.4, 0.5) is 11.4 Å². The van der Waals surface area contributed by atoms with Gasteiger partial charge in [-0.05, 0) is 43.2 Å². The van der Waals surface area contributed by atoms with Crippen LogP contribution >= 0.6 is 11.6 Å². The van der Waals surface area contributed by atoms with E-state index in [9.17, 15) is 13.2 Å². The van der Waals surface area contributed by atoms with Gasteiger partial charge >= 0.3 is 0 Å². The standard InChI is InChI=1S/C19H22ClN3O3S/c20-15-6-5-7-16(14-15)27(25,26)21-11-10-19(24)22-17-8-1-2-9-18(17)23-12-3-4-13-23/h1-2,5-9,14,21H,3-4,10-13H2,(H,22,24). The van der Waals surface area contributed by atoms with Crippen molar-refractivity contribution in [2.75, 3.05) is 29.9 Å². The molecule has 1 amide bonds. The molecule has 2 aromatic rings. The van der Waals surface area contributed by atoms with Gasteiger partial charge in [-0.3, -0.25) is 4.79 Å². The third-order valence-corrected chi connectivity index (χ3v) is 6.07. The molecule has 144 valence electrons. The summed E-state index contributed by atoms with van der Waals surface area (Å²) in [7, 11) is -3.70. The van der Waals surface area contributed by atoms with Gasteiger partial charge < -0.3 is 10.2 Å². The summed E-state index contributed by atoms with van der Waals surface area (Å²) >= 11 is 5.83. The van der Waals surface area contributed by atoms with Gasteiger partial charge in [0, 0.05) is 31.1 Å². The van der Waals surface area contributed by atoms with Crippen molar-refractivity contribution in [3.63, 3.8) is 0 Å². The summed E-state index contributed by atoms with van der Waals surface area (Å²) in [5.41, 5.74) is 1.75. The van der Waals surface area contributed by atoms with Crippen molar-refractivity contribution < 1.29 is 13.2 Å². The molecule has 2 N–H and O–H groups in total. The van der Waals surface area contributed by atoms with Gasteiger partial charge in [-0.2, -0.15) is 0 Å². The van der Waals surface area contributed by atoms with Gasteiger partial charge in [-0.1, -0.05) is 29.8 Å². The highest BCUT2D eigenvalue weighted by Gasteiger charge is 2.17. The fourth-order valence-corrected chi connectivity index (χ4v) is 4.37. The van der Waals surface area contributed by atoms with E-state index in [0.717, 1.165) is 37.3 Å². The topological polar surface area (TPSA) is 78.5 Å². The van der Waals surface area contributed by atoms with Crippen LogP contribution in [0, 0.1) is 0 Å². The van der Waals surface area contributed by atoms with Gasteiger partial charge in [0.15, 0.2) is 0 Å². The van der Waals surface area contributed by atoms with E-state index < -0.39 is 10.0 Å². The largest absolute Gasteiger partial charge is 0.370 e. The second-order valence-corrected chi connectivity index (χ2v) is 8.57. The number of halogens is 1. The number of carbonyl (C=O) groups is 1. The first-order valence-electron chi connectivity index (χ1n) is 8.85. The molecule has 1 aliphatic heterocycles. The van der Waals surface area contributed by atoms with Gasteiger partial charge in [-0.15, -0.1) is 0 Å². The van der Waals surface area contributed by atoms with Crippen molar-refractivity contribution in [2.45, 2.75) is 24.2 Å². The van der Waals surface area contributed by atoms with E-state index in [-0.39, 0.29) is 23.8 Å². The minimum absolute atomic E-state index is 0.00651. The van der Waals surface area contributed by atoms with Crippen LogP contribution in [0.2, 0.25) is 5.02 Å². The Morgan fingerprint density at radius 3 is 2.56 bits per heavy atom. The molecular formula is C19H22ClN3O3S. The quantitative estimate of drug-likeness (QED) is 0.738. The number of carbonyl (C=O) groups excluding carboxylic acids is 1. The van der Waals surface area contributed by atoms with Crippen molar-refractivity contribution in [1.29, 1.82) is 0 Å². The van der Waals surface area contributed by atoms with Gasteiger partial charge in [0.05, 0.1) is 16.3 Å². The second-order valence-electron chi connectivity index (χ2n) is 6.36. The first-order chi connectivity index (χ1) is 13.0. The van der Waals surface area contributed by atoms with E-state index >= 15 is 0 Å². The number of amides is 1. The molecule has 1 aliphatic rings. The molecular weight excluding hydrogens is 386 g/mol. The first kappa shape index (κ1) is 19.7. The van der Waals surface area contributed by atoms with Crippen molar-refractivity contribution >= 4 is 38.9 Å². The summed E-state index contributed by atoms with van der Waals surface area (Å²) in [6.07, 6.45) is 2.33. The van der Waals surface area contributed by atoms with E-state index in [1.54, 1.807) is 12.1 Å². The van der Waals surface area contributed by atoms with E-state index in [2.05, 4.69) is 14.9 Å². The Balaban J connectivity index is 1.56. The highest BCUT2D eigenvalue weighted by Crippen LogP contribution is 2.28. The summed E-state index contributed by atoms with van der Waals surface area (Å²) in [5, 5.41) is 3.23. The Morgan fingerprint density at radius 1 is 1.07 bits per heavy atom. The van der Waals surface area contributed by atoms with Crippen molar-refractivity contribution in [1.82, 2.24) is 4.72 Å². The third-order valence-electron chi connectivity index (χ3n) is 4.38. The fourth-order valence-electron chi connectivity index (χ4n) is 3.04. The molecule has 3 rings (SSSR count).